The van der Waals surface area contributed by atoms with Crippen LogP contribution in [0.2, 0.25) is 0 Å². The summed E-state index contributed by atoms with van der Waals surface area (Å²) < 4.78 is 0. The fourth-order valence-electron chi connectivity index (χ4n) is 1.57. The predicted octanol–water partition coefficient (Wildman–Crippen LogP) is 2.05. The van der Waals surface area contributed by atoms with E-state index in [1.165, 1.54) is 5.57 Å². The third-order valence-electron chi connectivity index (χ3n) is 2.46. The van der Waals surface area contributed by atoms with Crippen LogP contribution in [0.3, 0.4) is 0 Å². The van der Waals surface area contributed by atoms with Crippen LogP contribution in [0.4, 0.5) is 0 Å². The number of hydrogen-bond acceptors (Lipinski definition) is 2. The Bertz CT molecular complexity index is 194. The molecule has 0 aromatic carbocycles. The molecule has 0 radical (unpaired) electrons. The zero-order valence-corrected chi connectivity index (χ0v) is 8.60. The number of ketones is 1. The highest BCUT2D eigenvalue weighted by Gasteiger charge is 2.17. The van der Waals surface area contributed by atoms with Gasteiger partial charge in [0.05, 0.1) is 0 Å². The van der Waals surface area contributed by atoms with E-state index in [-0.39, 0.29) is 0 Å². The summed E-state index contributed by atoms with van der Waals surface area (Å²) in [6.45, 7) is 5.15. The molecule has 0 amide bonds. The van der Waals surface area contributed by atoms with Gasteiger partial charge in [0.25, 0.3) is 0 Å². The van der Waals surface area contributed by atoms with Crippen LogP contribution >= 0.6 is 0 Å². The van der Waals surface area contributed by atoms with E-state index in [2.05, 4.69) is 25.2 Å². The average Bonchev–Trinajstić information content (AvgIpc) is 2.08. The summed E-state index contributed by atoms with van der Waals surface area (Å²) >= 11 is 0. The van der Waals surface area contributed by atoms with Gasteiger partial charge in [0.2, 0.25) is 0 Å². The minimum absolute atomic E-state index is 0.431. The third-order valence-corrected chi connectivity index (χ3v) is 2.46. The van der Waals surface area contributed by atoms with E-state index in [4.69, 9.17) is 0 Å². The first-order valence-corrected chi connectivity index (χ1v) is 5.07. The molecule has 0 unspecified atom stereocenters. The zero-order valence-electron chi connectivity index (χ0n) is 8.60. The highest BCUT2D eigenvalue weighted by atomic mass is 16.1. The fraction of sp³-hybridized carbons (Fsp3) is 0.727. The van der Waals surface area contributed by atoms with Crippen molar-refractivity contribution < 1.29 is 4.79 Å². The van der Waals surface area contributed by atoms with E-state index in [0.717, 1.165) is 32.2 Å². The van der Waals surface area contributed by atoms with Crippen molar-refractivity contribution in [3.05, 3.63) is 11.6 Å². The quantitative estimate of drug-likeness (QED) is 0.675. The Morgan fingerprint density at radius 2 is 2.08 bits per heavy atom. The normalized spacial score (nSPS) is 18.8. The maximum atomic E-state index is 11.0. The molecule has 0 aliphatic heterocycles. The number of allylic oxidation sites excluding steroid dienone is 1. The van der Waals surface area contributed by atoms with Crippen LogP contribution in [0.15, 0.2) is 11.6 Å². The van der Waals surface area contributed by atoms with Gasteiger partial charge < -0.3 is 5.32 Å². The SMILES string of the molecule is CC(C)=CCNC1CCC(=O)CC1. The number of carbonyl (C=O) groups is 1. The highest BCUT2D eigenvalue weighted by Crippen LogP contribution is 2.14. The fourth-order valence-corrected chi connectivity index (χ4v) is 1.57. The average molecular weight is 181 g/mol. The van der Waals surface area contributed by atoms with Gasteiger partial charge in [-0.1, -0.05) is 11.6 Å². The molecule has 0 spiro atoms. The minimum atomic E-state index is 0.431. The van der Waals surface area contributed by atoms with Crippen LogP contribution in [-0.2, 0) is 4.79 Å². The van der Waals surface area contributed by atoms with Gasteiger partial charge in [-0.2, -0.15) is 0 Å². The summed E-state index contributed by atoms with van der Waals surface area (Å²) in [5, 5.41) is 3.44. The van der Waals surface area contributed by atoms with E-state index in [1.807, 2.05) is 0 Å². The summed E-state index contributed by atoms with van der Waals surface area (Å²) in [6, 6.07) is 0.563. The minimum Gasteiger partial charge on any atom is -0.310 e. The topological polar surface area (TPSA) is 29.1 Å². The summed E-state index contributed by atoms with van der Waals surface area (Å²) in [5.74, 6) is 0.431. The van der Waals surface area contributed by atoms with Crippen molar-refractivity contribution in [1.29, 1.82) is 0 Å². The second-order valence-electron chi connectivity index (χ2n) is 4.00. The molecule has 1 rings (SSSR count). The molecule has 0 atom stereocenters. The lowest BCUT2D eigenvalue weighted by molar-refractivity contribution is -0.120. The zero-order chi connectivity index (χ0) is 9.68. The van der Waals surface area contributed by atoms with E-state index >= 15 is 0 Å². The maximum absolute atomic E-state index is 11.0. The Labute approximate surface area is 80.4 Å². The van der Waals surface area contributed by atoms with Crippen molar-refractivity contribution in [1.82, 2.24) is 5.32 Å². The van der Waals surface area contributed by atoms with Crippen LogP contribution < -0.4 is 5.32 Å². The number of nitrogens with one attached hydrogen (secondary N) is 1. The van der Waals surface area contributed by atoms with Crippen molar-refractivity contribution in [2.45, 2.75) is 45.6 Å². The van der Waals surface area contributed by atoms with Crippen LogP contribution in [0.25, 0.3) is 0 Å². The lowest BCUT2D eigenvalue weighted by atomic mass is 9.94. The van der Waals surface area contributed by atoms with Gasteiger partial charge >= 0.3 is 0 Å². The molecule has 0 heterocycles. The Morgan fingerprint density at radius 1 is 1.46 bits per heavy atom. The molecule has 1 N–H and O–H groups in total. The Balaban J connectivity index is 2.16. The first kappa shape index (κ1) is 10.5. The van der Waals surface area contributed by atoms with Crippen molar-refractivity contribution in [3.8, 4) is 0 Å². The molecule has 74 valence electrons. The summed E-state index contributed by atoms with van der Waals surface area (Å²) in [6.07, 6.45) is 5.78. The molecular weight excluding hydrogens is 162 g/mol. The third kappa shape index (κ3) is 4.23. The molecule has 1 saturated carbocycles. The molecule has 2 heteroatoms. The van der Waals surface area contributed by atoms with Crippen LogP contribution in [0, 0.1) is 0 Å². The molecule has 0 aromatic rings. The summed E-state index contributed by atoms with van der Waals surface area (Å²) in [7, 11) is 0. The van der Waals surface area contributed by atoms with Crippen LogP contribution in [0.1, 0.15) is 39.5 Å². The standard InChI is InChI=1S/C11H19NO/c1-9(2)7-8-12-10-3-5-11(13)6-4-10/h7,10,12H,3-6,8H2,1-2H3. The molecule has 0 aromatic heterocycles. The Morgan fingerprint density at radius 3 is 2.62 bits per heavy atom. The molecule has 1 aliphatic rings. The van der Waals surface area contributed by atoms with E-state index in [9.17, 15) is 4.79 Å². The number of rotatable bonds is 3. The number of carbonyl (C=O) groups excluding carboxylic acids is 1. The van der Waals surface area contributed by atoms with Crippen molar-refractivity contribution in [2.24, 2.45) is 0 Å². The molecule has 13 heavy (non-hydrogen) atoms. The van der Waals surface area contributed by atoms with Gasteiger partial charge in [-0.25, -0.2) is 0 Å². The van der Waals surface area contributed by atoms with Gasteiger partial charge in [-0.3, -0.25) is 4.79 Å². The molecule has 1 fully saturated rings. The van der Waals surface area contributed by atoms with Gasteiger partial charge in [0, 0.05) is 25.4 Å². The van der Waals surface area contributed by atoms with Gasteiger partial charge in [0.1, 0.15) is 5.78 Å². The first-order chi connectivity index (χ1) is 6.18. The molecule has 0 saturated heterocycles. The number of Topliss-reactive ketones (excluding diaryl/α,β-unsaturated/α-hetero) is 1. The second-order valence-corrected chi connectivity index (χ2v) is 4.00. The van der Waals surface area contributed by atoms with Crippen molar-refractivity contribution in [3.63, 3.8) is 0 Å². The van der Waals surface area contributed by atoms with Crippen molar-refractivity contribution in [2.75, 3.05) is 6.54 Å². The molecule has 2 nitrogen and oxygen atoms in total. The summed E-state index contributed by atoms with van der Waals surface area (Å²) in [4.78, 5) is 11.0. The van der Waals surface area contributed by atoms with Crippen LogP contribution in [-0.4, -0.2) is 18.4 Å². The molecule has 0 bridgehead atoms. The van der Waals surface area contributed by atoms with Gasteiger partial charge in [-0.15, -0.1) is 0 Å². The van der Waals surface area contributed by atoms with Crippen molar-refractivity contribution >= 4 is 5.78 Å². The van der Waals surface area contributed by atoms with Gasteiger partial charge in [0.15, 0.2) is 0 Å². The molecular formula is C11H19NO. The lowest BCUT2D eigenvalue weighted by Gasteiger charge is -2.21. The Kier molecular flexibility index (Phi) is 4.16. The number of hydrogen-bond donors (Lipinski definition) is 1. The van der Waals surface area contributed by atoms with E-state index in [1.54, 1.807) is 0 Å². The van der Waals surface area contributed by atoms with Gasteiger partial charge in [-0.05, 0) is 26.7 Å². The van der Waals surface area contributed by atoms with E-state index in [0.29, 0.717) is 11.8 Å². The monoisotopic (exact) mass is 181 g/mol. The summed E-state index contributed by atoms with van der Waals surface area (Å²) in [5.41, 5.74) is 1.35. The maximum Gasteiger partial charge on any atom is 0.133 e. The second kappa shape index (κ2) is 5.18. The Hall–Kier alpha value is -0.630. The van der Waals surface area contributed by atoms with E-state index < -0.39 is 0 Å². The predicted molar refractivity (Wildman–Crippen MR) is 54.7 cm³/mol. The largest absolute Gasteiger partial charge is 0.310 e. The lowest BCUT2D eigenvalue weighted by Crippen LogP contribution is -2.33. The first-order valence-electron chi connectivity index (χ1n) is 5.07. The van der Waals surface area contributed by atoms with Crippen LogP contribution in [0.5, 0.6) is 0 Å². The smallest absolute Gasteiger partial charge is 0.133 e. The molecule has 1 aliphatic carbocycles. The highest BCUT2D eigenvalue weighted by molar-refractivity contribution is 5.79.